The Morgan fingerprint density at radius 3 is 2.28 bits per heavy atom. The zero-order valence-corrected chi connectivity index (χ0v) is 17.6. The quantitative estimate of drug-likeness (QED) is 0.462. The Balaban J connectivity index is 2.15. The molecule has 29 heavy (non-hydrogen) atoms. The van der Waals surface area contributed by atoms with Crippen molar-refractivity contribution in [3.8, 4) is 0 Å². The molecule has 0 bridgehead atoms. The van der Waals surface area contributed by atoms with E-state index in [1.807, 2.05) is 4.57 Å². The number of rotatable bonds is 3. The first-order valence-electron chi connectivity index (χ1n) is 8.72. The predicted octanol–water partition coefficient (Wildman–Crippen LogP) is 2.27. The Hall–Kier alpha value is -2.72. The van der Waals surface area contributed by atoms with Crippen molar-refractivity contribution in [3.05, 3.63) is 35.9 Å². The summed E-state index contributed by atoms with van der Waals surface area (Å²) in [6.07, 6.45) is 2.66. The van der Waals surface area contributed by atoms with Gasteiger partial charge in [0, 0.05) is 54.3 Å². The molecule has 0 spiro atoms. The zero-order chi connectivity index (χ0) is 21.1. The van der Waals surface area contributed by atoms with Gasteiger partial charge >= 0.3 is 5.97 Å². The van der Waals surface area contributed by atoms with Crippen molar-refractivity contribution in [1.29, 1.82) is 0 Å². The SMILES string of the molecule is CC(=O)O/N=C1\CCn2c3ccc(S(C)(=O)=O)cc3c3cc(S(C)(=O)=O)cc1c32. The van der Waals surface area contributed by atoms with E-state index >= 15 is 0 Å². The van der Waals surface area contributed by atoms with E-state index < -0.39 is 25.6 Å². The van der Waals surface area contributed by atoms with Crippen molar-refractivity contribution in [3.63, 3.8) is 0 Å². The molecule has 0 saturated carbocycles. The first-order valence-corrected chi connectivity index (χ1v) is 12.5. The highest BCUT2D eigenvalue weighted by Crippen LogP contribution is 2.37. The maximum absolute atomic E-state index is 12.3. The standard InChI is InChI=1S/C19H18N2O6S2/c1-11(22)27-20-17-6-7-21-18-5-4-12(28(2,23)24)8-14(18)15-9-13(29(3,25)26)10-16(17)19(15)21/h4-5,8-10H,6-7H2,1-3H3/b20-17+. The van der Waals surface area contributed by atoms with Crippen LogP contribution in [0.25, 0.3) is 21.8 Å². The van der Waals surface area contributed by atoms with Gasteiger partial charge in [-0.05, 0) is 30.3 Å². The van der Waals surface area contributed by atoms with Gasteiger partial charge in [0.05, 0.1) is 21.0 Å². The molecule has 2 aromatic carbocycles. The molecule has 0 amide bonds. The van der Waals surface area contributed by atoms with Gasteiger partial charge in [-0.1, -0.05) is 5.16 Å². The normalized spacial score (nSPS) is 15.9. The molecule has 0 N–H and O–H groups in total. The van der Waals surface area contributed by atoms with E-state index in [9.17, 15) is 21.6 Å². The van der Waals surface area contributed by atoms with E-state index in [-0.39, 0.29) is 9.79 Å². The summed E-state index contributed by atoms with van der Waals surface area (Å²) in [5, 5.41) is 5.17. The van der Waals surface area contributed by atoms with Gasteiger partial charge in [0.25, 0.3) is 0 Å². The van der Waals surface area contributed by atoms with Crippen LogP contribution in [0.4, 0.5) is 0 Å². The van der Waals surface area contributed by atoms with Crippen LogP contribution in [0.5, 0.6) is 0 Å². The lowest BCUT2D eigenvalue weighted by Crippen LogP contribution is -2.16. The minimum Gasteiger partial charge on any atom is -0.340 e. The fourth-order valence-electron chi connectivity index (χ4n) is 3.65. The summed E-state index contributed by atoms with van der Waals surface area (Å²) >= 11 is 0. The highest BCUT2D eigenvalue weighted by Gasteiger charge is 2.26. The number of carbonyl (C=O) groups is 1. The van der Waals surface area contributed by atoms with Crippen LogP contribution in [0.15, 0.2) is 45.3 Å². The van der Waals surface area contributed by atoms with Crippen LogP contribution in [0, 0.1) is 0 Å². The number of aryl methyl sites for hydroxylation is 1. The molecular formula is C19H18N2O6S2. The van der Waals surface area contributed by atoms with Gasteiger partial charge in [0.2, 0.25) is 0 Å². The van der Waals surface area contributed by atoms with Gasteiger partial charge in [0.15, 0.2) is 19.7 Å². The van der Waals surface area contributed by atoms with Crippen molar-refractivity contribution >= 4 is 53.2 Å². The summed E-state index contributed by atoms with van der Waals surface area (Å²) in [5.74, 6) is -0.572. The molecule has 10 heteroatoms. The van der Waals surface area contributed by atoms with Crippen molar-refractivity contribution in [1.82, 2.24) is 4.57 Å². The van der Waals surface area contributed by atoms with Gasteiger partial charge in [0.1, 0.15) is 0 Å². The van der Waals surface area contributed by atoms with Crippen molar-refractivity contribution < 1.29 is 26.5 Å². The van der Waals surface area contributed by atoms with Crippen LogP contribution >= 0.6 is 0 Å². The third-order valence-corrected chi connectivity index (χ3v) is 7.13. The van der Waals surface area contributed by atoms with Crippen LogP contribution in [-0.4, -0.2) is 45.6 Å². The highest BCUT2D eigenvalue weighted by molar-refractivity contribution is 7.91. The first kappa shape index (κ1) is 19.6. The van der Waals surface area contributed by atoms with Gasteiger partial charge in [-0.15, -0.1) is 0 Å². The maximum Gasteiger partial charge on any atom is 0.331 e. The van der Waals surface area contributed by atoms with Crippen LogP contribution in [0.1, 0.15) is 18.9 Å². The van der Waals surface area contributed by atoms with Gasteiger partial charge in [-0.25, -0.2) is 21.6 Å². The van der Waals surface area contributed by atoms with Crippen molar-refractivity contribution in [2.45, 2.75) is 29.7 Å². The number of benzene rings is 2. The summed E-state index contributed by atoms with van der Waals surface area (Å²) in [6, 6.07) is 7.90. The third-order valence-electron chi connectivity index (χ3n) is 4.93. The summed E-state index contributed by atoms with van der Waals surface area (Å²) in [7, 11) is -6.98. The fraction of sp³-hybridized carbons (Fsp3) is 0.263. The number of nitrogens with zero attached hydrogens (tertiary/aromatic N) is 2. The lowest BCUT2D eigenvalue weighted by Gasteiger charge is -2.18. The molecule has 152 valence electrons. The third kappa shape index (κ3) is 3.32. The Labute approximate surface area is 167 Å². The molecule has 0 unspecified atom stereocenters. The van der Waals surface area contributed by atoms with Crippen LogP contribution in [0.3, 0.4) is 0 Å². The van der Waals surface area contributed by atoms with Crippen molar-refractivity contribution in [2.75, 3.05) is 12.5 Å². The molecule has 1 aromatic heterocycles. The average molecular weight is 434 g/mol. The van der Waals surface area contributed by atoms with E-state index in [0.717, 1.165) is 23.5 Å². The molecule has 2 heterocycles. The van der Waals surface area contributed by atoms with Gasteiger partial charge < -0.3 is 9.40 Å². The number of fused-ring (bicyclic) bond motifs is 3. The number of sulfone groups is 2. The molecule has 0 fully saturated rings. The Kier molecular flexibility index (Phi) is 4.32. The molecule has 0 saturated heterocycles. The highest BCUT2D eigenvalue weighted by atomic mass is 32.2. The number of carbonyl (C=O) groups excluding carboxylic acids is 1. The summed E-state index contributed by atoms with van der Waals surface area (Å²) in [5.41, 5.74) is 2.54. The minimum absolute atomic E-state index is 0.0845. The van der Waals surface area contributed by atoms with Crippen LogP contribution in [-0.2, 0) is 35.9 Å². The van der Waals surface area contributed by atoms with E-state index in [0.29, 0.717) is 35.0 Å². The van der Waals surface area contributed by atoms with Crippen LogP contribution < -0.4 is 0 Å². The molecule has 0 radical (unpaired) electrons. The van der Waals surface area contributed by atoms with E-state index in [4.69, 9.17) is 4.84 Å². The second-order valence-electron chi connectivity index (χ2n) is 7.11. The monoisotopic (exact) mass is 434 g/mol. The molecule has 0 atom stereocenters. The van der Waals surface area contributed by atoms with Gasteiger partial charge in [-0.3, -0.25) is 0 Å². The Morgan fingerprint density at radius 2 is 1.66 bits per heavy atom. The second-order valence-corrected chi connectivity index (χ2v) is 11.1. The maximum atomic E-state index is 12.3. The number of hydrogen-bond donors (Lipinski definition) is 0. The molecule has 8 nitrogen and oxygen atoms in total. The smallest absolute Gasteiger partial charge is 0.331 e. The predicted molar refractivity (Wildman–Crippen MR) is 109 cm³/mol. The molecule has 4 rings (SSSR count). The zero-order valence-electron chi connectivity index (χ0n) is 16.0. The lowest BCUT2D eigenvalue weighted by molar-refractivity contribution is -0.140. The second kappa shape index (κ2) is 6.39. The Bertz CT molecular complexity index is 1450. The molecule has 3 aromatic rings. The van der Waals surface area contributed by atoms with E-state index in [1.54, 1.807) is 24.3 Å². The van der Waals surface area contributed by atoms with Crippen LogP contribution in [0.2, 0.25) is 0 Å². The topological polar surface area (TPSA) is 112 Å². The van der Waals surface area contributed by atoms with E-state index in [2.05, 4.69) is 5.16 Å². The Morgan fingerprint density at radius 1 is 1.00 bits per heavy atom. The number of aromatic nitrogens is 1. The van der Waals surface area contributed by atoms with Crippen molar-refractivity contribution in [2.24, 2.45) is 5.16 Å². The average Bonchev–Trinajstić information content (AvgIpc) is 2.94. The largest absolute Gasteiger partial charge is 0.340 e. The fourth-order valence-corrected chi connectivity index (χ4v) is 4.97. The molecule has 1 aliphatic rings. The van der Waals surface area contributed by atoms with E-state index in [1.165, 1.54) is 13.0 Å². The van der Waals surface area contributed by atoms with Gasteiger partial charge in [-0.2, -0.15) is 0 Å². The molecular weight excluding hydrogens is 416 g/mol. The first-order chi connectivity index (χ1) is 13.5. The summed E-state index contributed by atoms with van der Waals surface area (Å²) in [6.45, 7) is 1.77. The molecule has 0 aliphatic carbocycles. The number of oxime groups is 1. The summed E-state index contributed by atoms with van der Waals surface area (Å²) < 4.78 is 50.6. The number of hydrogen-bond acceptors (Lipinski definition) is 7. The summed E-state index contributed by atoms with van der Waals surface area (Å²) in [4.78, 5) is 16.2. The molecule has 1 aliphatic heterocycles. The lowest BCUT2D eigenvalue weighted by atomic mass is 10.0. The minimum atomic E-state index is -3.55.